The second kappa shape index (κ2) is 7.21. The second-order valence-electron chi connectivity index (χ2n) is 4.46. The van der Waals surface area contributed by atoms with Crippen molar-refractivity contribution in [1.82, 2.24) is 9.29 Å². The molecule has 0 aliphatic heterocycles. The van der Waals surface area contributed by atoms with Gasteiger partial charge in [0.05, 0.1) is 9.95 Å². The Morgan fingerprint density at radius 1 is 1.52 bits per heavy atom. The van der Waals surface area contributed by atoms with Crippen LogP contribution in [0.3, 0.4) is 0 Å². The van der Waals surface area contributed by atoms with Gasteiger partial charge in [0, 0.05) is 32.4 Å². The van der Waals surface area contributed by atoms with Crippen molar-refractivity contribution in [2.24, 2.45) is 0 Å². The van der Waals surface area contributed by atoms with Crippen molar-refractivity contribution in [2.75, 3.05) is 25.5 Å². The first-order valence-corrected chi connectivity index (χ1v) is 9.06. The van der Waals surface area contributed by atoms with Crippen LogP contribution in [0.15, 0.2) is 34.0 Å². The molecule has 0 unspecified atom stereocenters. The Kier molecular flexibility index (Phi) is 5.52. The van der Waals surface area contributed by atoms with E-state index in [4.69, 9.17) is 11.6 Å². The molecular formula is C12H13ClN4O4S2. The normalized spacial score (nSPS) is 11.6. The van der Waals surface area contributed by atoms with Gasteiger partial charge in [-0.2, -0.15) is 4.31 Å². The SMILES string of the molecule is CN(CCNc1ncc(Cl)cc1[N+](=O)[O-])S(=O)(=O)c1cccs1. The minimum absolute atomic E-state index is 0.0429. The monoisotopic (exact) mass is 376 g/mol. The van der Waals surface area contributed by atoms with Crippen molar-refractivity contribution in [1.29, 1.82) is 0 Å². The van der Waals surface area contributed by atoms with Crippen molar-refractivity contribution in [2.45, 2.75) is 4.21 Å². The van der Waals surface area contributed by atoms with Gasteiger partial charge in [0.1, 0.15) is 4.21 Å². The number of aromatic nitrogens is 1. The topological polar surface area (TPSA) is 105 Å². The molecule has 2 aromatic heterocycles. The van der Waals surface area contributed by atoms with Crippen LogP contribution in [0.1, 0.15) is 0 Å². The molecule has 2 heterocycles. The fourth-order valence-corrected chi connectivity index (χ4v) is 4.24. The molecular weight excluding hydrogens is 364 g/mol. The number of nitrogens with zero attached hydrogens (tertiary/aromatic N) is 3. The average Bonchev–Trinajstić information content (AvgIpc) is 3.03. The van der Waals surface area contributed by atoms with Crippen molar-refractivity contribution >= 4 is 44.5 Å². The van der Waals surface area contributed by atoms with E-state index >= 15 is 0 Å². The molecule has 124 valence electrons. The lowest BCUT2D eigenvalue weighted by Gasteiger charge is -2.16. The summed E-state index contributed by atoms with van der Waals surface area (Å²) in [6.45, 7) is 0.290. The molecule has 8 nitrogen and oxygen atoms in total. The van der Waals surface area contributed by atoms with Crippen LogP contribution in [0.2, 0.25) is 5.02 Å². The van der Waals surface area contributed by atoms with E-state index in [-0.39, 0.29) is 33.8 Å². The Morgan fingerprint density at radius 2 is 2.26 bits per heavy atom. The zero-order valence-electron chi connectivity index (χ0n) is 12.0. The highest BCUT2D eigenvalue weighted by Crippen LogP contribution is 2.25. The Balaban J connectivity index is 2.02. The number of nitro groups is 1. The van der Waals surface area contributed by atoms with Gasteiger partial charge in [0.2, 0.25) is 5.82 Å². The molecule has 0 aliphatic carbocycles. The summed E-state index contributed by atoms with van der Waals surface area (Å²) in [7, 11) is -2.10. The predicted molar refractivity (Wildman–Crippen MR) is 88.5 cm³/mol. The highest BCUT2D eigenvalue weighted by atomic mass is 35.5. The number of hydrogen-bond acceptors (Lipinski definition) is 7. The maximum atomic E-state index is 12.2. The van der Waals surface area contributed by atoms with Crippen molar-refractivity contribution < 1.29 is 13.3 Å². The predicted octanol–water partition coefficient (Wildman–Crippen LogP) is 2.44. The van der Waals surface area contributed by atoms with E-state index < -0.39 is 14.9 Å². The molecule has 0 radical (unpaired) electrons. The second-order valence-corrected chi connectivity index (χ2v) is 8.12. The van der Waals surface area contributed by atoms with Crippen LogP contribution >= 0.6 is 22.9 Å². The van der Waals surface area contributed by atoms with Gasteiger partial charge in [-0.05, 0) is 11.4 Å². The fourth-order valence-electron chi connectivity index (χ4n) is 1.72. The van der Waals surface area contributed by atoms with Gasteiger partial charge >= 0.3 is 5.69 Å². The number of sulfonamides is 1. The standard InChI is InChI=1S/C12H13ClN4O4S2/c1-16(23(20,21)11-3-2-6-22-11)5-4-14-12-10(17(18)19)7-9(13)8-15-12/h2-3,6-8H,4-5H2,1H3,(H,14,15). The van der Waals surface area contributed by atoms with Gasteiger partial charge in [-0.25, -0.2) is 13.4 Å². The first-order valence-electron chi connectivity index (χ1n) is 6.36. The number of anilines is 1. The minimum atomic E-state index is -3.55. The first-order chi connectivity index (χ1) is 10.8. The lowest BCUT2D eigenvalue weighted by atomic mass is 10.4. The third-order valence-corrected chi connectivity index (χ3v) is 6.35. The molecule has 0 saturated carbocycles. The number of hydrogen-bond donors (Lipinski definition) is 1. The Hall–Kier alpha value is -1.75. The van der Waals surface area contributed by atoms with Gasteiger partial charge in [-0.1, -0.05) is 17.7 Å². The van der Waals surface area contributed by atoms with Gasteiger partial charge in [0.15, 0.2) is 0 Å². The molecule has 0 saturated heterocycles. The molecule has 0 spiro atoms. The third kappa shape index (κ3) is 4.16. The van der Waals surface area contributed by atoms with Crippen molar-refractivity contribution in [3.8, 4) is 0 Å². The van der Waals surface area contributed by atoms with Crippen molar-refractivity contribution in [3.05, 3.63) is 44.9 Å². The molecule has 0 aromatic carbocycles. The lowest BCUT2D eigenvalue weighted by Crippen LogP contribution is -2.31. The number of pyridine rings is 1. The maximum Gasteiger partial charge on any atom is 0.312 e. The van der Waals surface area contributed by atoms with Crippen LogP contribution in [0.4, 0.5) is 11.5 Å². The molecule has 0 fully saturated rings. The zero-order valence-corrected chi connectivity index (χ0v) is 14.4. The van der Waals surface area contributed by atoms with Gasteiger partial charge < -0.3 is 5.32 Å². The number of rotatable bonds is 7. The summed E-state index contributed by atoms with van der Waals surface area (Å²) in [4.78, 5) is 14.2. The van der Waals surface area contributed by atoms with Gasteiger partial charge in [0.25, 0.3) is 10.0 Å². The van der Waals surface area contributed by atoms with Gasteiger partial charge in [-0.15, -0.1) is 11.3 Å². The molecule has 0 atom stereocenters. The van der Waals surface area contributed by atoms with Crippen LogP contribution in [-0.4, -0.2) is 42.8 Å². The van der Waals surface area contributed by atoms with Crippen LogP contribution < -0.4 is 5.32 Å². The van der Waals surface area contributed by atoms with E-state index in [0.717, 1.165) is 11.3 Å². The van der Waals surface area contributed by atoms with E-state index in [2.05, 4.69) is 10.3 Å². The summed E-state index contributed by atoms with van der Waals surface area (Å²) in [5.74, 6) is 0.0429. The molecule has 11 heteroatoms. The molecule has 0 aliphatic rings. The average molecular weight is 377 g/mol. The Morgan fingerprint density at radius 3 is 2.87 bits per heavy atom. The zero-order chi connectivity index (χ0) is 17.0. The van der Waals surface area contributed by atoms with E-state index in [1.54, 1.807) is 11.4 Å². The summed E-state index contributed by atoms with van der Waals surface area (Å²) in [5, 5.41) is 15.5. The number of likely N-dealkylation sites (N-methyl/N-ethyl adjacent to an activating group) is 1. The van der Waals surface area contributed by atoms with Crippen LogP contribution in [0.25, 0.3) is 0 Å². The highest BCUT2D eigenvalue weighted by Gasteiger charge is 2.22. The fraction of sp³-hybridized carbons (Fsp3) is 0.250. The van der Waals surface area contributed by atoms with Crippen LogP contribution in [-0.2, 0) is 10.0 Å². The molecule has 2 rings (SSSR count). The number of nitrogens with one attached hydrogen (secondary N) is 1. The van der Waals surface area contributed by atoms with Gasteiger partial charge in [-0.3, -0.25) is 10.1 Å². The summed E-state index contributed by atoms with van der Waals surface area (Å²) in [6, 6.07) is 4.36. The first kappa shape index (κ1) is 17.6. The summed E-state index contributed by atoms with van der Waals surface area (Å²) < 4.78 is 25.9. The van der Waals surface area contributed by atoms with E-state index in [9.17, 15) is 18.5 Å². The Labute approximate surface area is 141 Å². The maximum absolute atomic E-state index is 12.2. The minimum Gasteiger partial charge on any atom is -0.363 e. The molecule has 23 heavy (non-hydrogen) atoms. The van der Waals surface area contributed by atoms with E-state index in [0.29, 0.717) is 0 Å². The van der Waals surface area contributed by atoms with Crippen LogP contribution in [0, 0.1) is 10.1 Å². The Bertz CT molecular complexity index is 795. The number of halogens is 1. The highest BCUT2D eigenvalue weighted by molar-refractivity contribution is 7.91. The van der Waals surface area contributed by atoms with Crippen LogP contribution in [0.5, 0.6) is 0 Å². The summed E-state index contributed by atoms with van der Waals surface area (Å²) in [6.07, 6.45) is 1.28. The molecule has 2 aromatic rings. The van der Waals surface area contributed by atoms with E-state index in [1.807, 2.05) is 0 Å². The third-order valence-electron chi connectivity index (χ3n) is 2.91. The largest absolute Gasteiger partial charge is 0.363 e. The lowest BCUT2D eigenvalue weighted by molar-refractivity contribution is -0.384. The molecule has 1 N–H and O–H groups in total. The smallest absolute Gasteiger partial charge is 0.312 e. The summed E-state index contributed by atoms with van der Waals surface area (Å²) >= 11 is 6.81. The quantitative estimate of drug-likeness (QED) is 0.587. The molecule has 0 bridgehead atoms. The summed E-state index contributed by atoms with van der Waals surface area (Å²) in [5.41, 5.74) is -0.263. The van der Waals surface area contributed by atoms with E-state index in [1.165, 1.54) is 29.7 Å². The number of thiophene rings is 1. The van der Waals surface area contributed by atoms with Crippen molar-refractivity contribution in [3.63, 3.8) is 0 Å². The molecule has 0 amide bonds.